The van der Waals surface area contributed by atoms with Gasteiger partial charge in [-0.05, 0) is 38.0 Å². The maximum absolute atomic E-state index is 12.5. The Labute approximate surface area is 179 Å². The van der Waals surface area contributed by atoms with Crippen molar-refractivity contribution in [1.82, 2.24) is 0 Å². The first-order valence-electron chi connectivity index (χ1n) is 12.4. The molecule has 0 aromatic carbocycles. The minimum Gasteiger partial charge on any atom is -0.465 e. The highest BCUT2D eigenvalue weighted by Gasteiger charge is 2.37. The zero-order valence-electron chi connectivity index (χ0n) is 19.4. The van der Waals surface area contributed by atoms with Gasteiger partial charge in [-0.25, -0.2) is 0 Å². The van der Waals surface area contributed by atoms with E-state index in [-0.39, 0.29) is 23.8 Å². The zero-order valence-corrected chi connectivity index (χ0v) is 19.4. The van der Waals surface area contributed by atoms with Crippen LogP contribution in [0.4, 0.5) is 0 Å². The molecular weight excluding hydrogens is 364 g/mol. The first-order chi connectivity index (χ1) is 14.1. The molecule has 0 aromatic heterocycles. The second-order valence-corrected chi connectivity index (χ2v) is 9.20. The van der Waals surface area contributed by atoms with Gasteiger partial charge in [-0.1, -0.05) is 85.0 Å². The molecule has 4 heteroatoms. The lowest BCUT2D eigenvalue weighted by Crippen LogP contribution is -2.35. The quantitative estimate of drug-likeness (QED) is 0.206. The van der Waals surface area contributed by atoms with Crippen LogP contribution in [0.25, 0.3) is 0 Å². The summed E-state index contributed by atoms with van der Waals surface area (Å²) in [6.45, 7) is 7.54. The van der Waals surface area contributed by atoms with Crippen LogP contribution >= 0.6 is 0 Å². The summed E-state index contributed by atoms with van der Waals surface area (Å²) in [5.74, 6) is -0.377. The second kappa shape index (κ2) is 16.7. The third-order valence-electron chi connectivity index (χ3n) is 6.03. The maximum Gasteiger partial charge on any atom is 0.309 e. The average Bonchev–Trinajstić information content (AvgIpc) is 2.72. The highest BCUT2D eigenvalue weighted by molar-refractivity contribution is 5.82. The maximum atomic E-state index is 12.5. The molecule has 0 bridgehead atoms. The van der Waals surface area contributed by atoms with Crippen molar-refractivity contribution in [3.8, 4) is 0 Å². The van der Waals surface area contributed by atoms with E-state index in [0.717, 1.165) is 51.4 Å². The lowest BCUT2D eigenvalue weighted by molar-refractivity contribution is -0.163. The van der Waals surface area contributed by atoms with E-state index in [1.54, 1.807) is 0 Å². The summed E-state index contributed by atoms with van der Waals surface area (Å²) in [7, 11) is 0. The molecule has 2 atom stereocenters. The Balaban J connectivity index is 2.19. The third-order valence-corrected chi connectivity index (χ3v) is 6.03. The minimum absolute atomic E-state index is 0.187. The number of carbonyl (C=O) groups is 2. The molecule has 0 amide bonds. The molecule has 1 aliphatic rings. The predicted octanol–water partition coefficient (Wildman–Crippen LogP) is 6.85. The van der Waals surface area contributed by atoms with Crippen molar-refractivity contribution in [3.63, 3.8) is 0 Å². The topological polar surface area (TPSA) is 52.6 Å². The van der Waals surface area contributed by atoms with Crippen molar-refractivity contribution in [3.05, 3.63) is 0 Å². The Morgan fingerprint density at radius 3 is 1.66 bits per heavy atom. The van der Waals surface area contributed by atoms with Crippen LogP contribution < -0.4 is 0 Å². The molecule has 0 heterocycles. The second-order valence-electron chi connectivity index (χ2n) is 9.20. The molecule has 0 N–H and O–H groups in total. The lowest BCUT2D eigenvalue weighted by Gasteiger charge is -2.28. The fourth-order valence-corrected chi connectivity index (χ4v) is 4.16. The van der Waals surface area contributed by atoms with E-state index in [0.29, 0.717) is 19.1 Å². The normalized spacial score (nSPS) is 19.3. The van der Waals surface area contributed by atoms with E-state index in [1.807, 2.05) is 0 Å². The molecule has 2 unspecified atom stereocenters. The fourth-order valence-electron chi connectivity index (χ4n) is 4.16. The number of unbranched alkanes of at least 4 members (excludes halogenated alkanes) is 8. The number of esters is 2. The van der Waals surface area contributed by atoms with Crippen LogP contribution in [0.1, 0.15) is 117 Å². The van der Waals surface area contributed by atoms with Gasteiger partial charge in [-0.15, -0.1) is 0 Å². The molecule has 29 heavy (non-hydrogen) atoms. The summed E-state index contributed by atoms with van der Waals surface area (Å²) in [4.78, 5) is 25.0. The van der Waals surface area contributed by atoms with Crippen LogP contribution in [0.5, 0.6) is 0 Å². The Bertz CT molecular complexity index is 433. The van der Waals surface area contributed by atoms with Crippen LogP contribution in [0, 0.1) is 17.8 Å². The molecule has 0 radical (unpaired) electrons. The van der Waals surface area contributed by atoms with Gasteiger partial charge in [0, 0.05) is 0 Å². The molecule has 0 saturated heterocycles. The largest absolute Gasteiger partial charge is 0.465 e. The van der Waals surface area contributed by atoms with E-state index in [1.165, 1.54) is 44.9 Å². The van der Waals surface area contributed by atoms with Crippen LogP contribution in [0.15, 0.2) is 0 Å². The van der Waals surface area contributed by atoms with Crippen LogP contribution in [0.3, 0.4) is 0 Å². The van der Waals surface area contributed by atoms with E-state index in [4.69, 9.17) is 9.47 Å². The molecular formula is C25H46O4. The monoisotopic (exact) mass is 410 g/mol. The summed E-state index contributed by atoms with van der Waals surface area (Å²) in [5.41, 5.74) is 0. The number of rotatable bonds is 16. The molecule has 0 aliphatic heterocycles. The summed E-state index contributed by atoms with van der Waals surface area (Å²) in [6.07, 6.45) is 16.7. The van der Waals surface area contributed by atoms with Gasteiger partial charge in [0.2, 0.25) is 0 Å². The van der Waals surface area contributed by atoms with Crippen LogP contribution in [-0.4, -0.2) is 25.2 Å². The van der Waals surface area contributed by atoms with Gasteiger partial charge in [0.25, 0.3) is 0 Å². The van der Waals surface area contributed by atoms with Crippen molar-refractivity contribution in [2.24, 2.45) is 17.8 Å². The Morgan fingerprint density at radius 2 is 1.17 bits per heavy atom. The van der Waals surface area contributed by atoms with E-state index >= 15 is 0 Å². The highest BCUT2D eigenvalue weighted by atomic mass is 16.5. The zero-order chi connectivity index (χ0) is 21.3. The summed E-state index contributed by atoms with van der Waals surface area (Å²) < 4.78 is 11.0. The van der Waals surface area contributed by atoms with Crippen molar-refractivity contribution < 1.29 is 19.1 Å². The smallest absolute Gasteiger partial charge is 0.309 e. The van der Waals surface area contributed by atoms with Crippen molar-refractivity contribution in [2.75, 3.05) is 13.2 Å². The van der Waals surface area contributed by atoms with Crippen molar-refractivity contribution in [2.45, 2.75) is 117 Å². The summed E-state index contributed by atoms with van der Waals surface area (Å²) >= 11 is 0. The first kappa shape index (κ1) is 26.0. The standard InChI is InChI=1S/C25H46O4/c1-4-5-6-7-8-9-10-11-14-19-28-24(26)22-17-12-13-18-23(22)25(27)29-20-15-16-21(2)3/h21-23H,4-20H2,1-3H3. The molecule has 1 fully saturated rings. The molecule has 0 aromatic rings. The number of ether oxygens (including phenoxy) is 2. The Hall–Kier alpha value is -1.06. The summed E-state index contributed by atoms with van der Waals surface area (Å²) in [5, 5.41) is 0. The van der Waals surface area contributed by atoms with E-state index in [2.05, 4.69) is 20.8 Å². The Morgan fingerprint density at radius 1 is 0.724 bits per heavy atom. The van der Waals surface area contributed by atoms with Gasteiger partial charge in [0.15, 0.2) is 0 Å². The van der Waals surface area contributed by atoms with Crippen molar-refractivity contribution >= 4 is 11.9 Å². The van der Waals surface area contributed by atoms with Gasteiger partial charge >= 0.3 is 11.9 Å². The number of carbonyl (C=O) groups excluding carboxylic acids is 2. The summed E-state index contributed by atoms with van der Waals surface area (Å²) in [6, 6.07) is 0. The number of hydrogen-bond acceptors (Lipinski definition) is 4. The van der Waals surface area contributed by atoms with E-state index in [9.17, 15) is 9.59 Å². The highest BCUT2D eigenvalue weighted by Crippen LogP contribution is 2.32. The van der Waals surface area contributed by atoms with Gasteiger partial charge < -0.3 is 9.47 Å². The molecule has 1 rings (SSSR count). The van der Waals surface area contributed by atoms with Gasteiger partial charge in [0.1, 0.15) is 0 Å². The minimum atomic E-state index is -0.307. The molecule has 1 aliphatic carbocycles. The van der Waals surface area contributed by atoms with E-state index < -0.39 is 0 Å². The van der Waals surface area contributed by atoms with Crippen molar-refractivity contribution in [1.29, 1.82) is 0 Å². The third kappa shape index (κ3) is 12.3. The first-order valence-corrected chi connectivity index (χ1v) is 12.4. The molecule has 0 spiro atoms. The Kier molecular flexibility index (Phi) is 15.0. The van der Waals surface area contributed by atoms with Gasteiger partial charge in [-0.2, -0.15) is 0 Å². The predicted molar refractivity (Wildman–Crippen MR) is 119 cm³/mol. The fraction of sp³-hybridized carbons (Fsp3) is 0.920. The number of hydrogen-bond donors (Lipinski definition) is 0. The molecule has 4 nitrogen and oxygen atoms in total. The average molecular weight is 411 g/mol. The molecule has 1 saturated carbocycles. The van der Waals surface area contributed by atoms with Crippen LogP contribution in [0.2, 0.25) is 0 Å². The lowest BCUT2D eigenvalue weighted by atomic mass is 9.79. The van der Waals surface area contributed by atoms with Gasteiger partial charge in [0.05, 0.1) is 25.0 Å². The molecule has 170 valence electrons. The van der Waals surface area contributed by atoms with Crippen LogP contribution in [-0.2, 0) is 19.1 Å². The van der Waals surface area contributed by atoms with Gasteiger partial charge in [-0.3, -0.25) is 9.59 Å². The SMILES string of the molecule is CCCCCCCCCCCOC(=O)C1CCCCC1C(=O)OCCCC(C)C.